The maximum atomic E-state index is 15.0. The predicted molar refractivity (Wildman–Crippen MR) is 119 cm³/mol. The first-order valence-electron chi connectivity index (χ1n) is 10.8. The Morgan fingerprint density at radius 2 is 1.91 bits per heavy atom. The van der Waals surface area contributed by atoms with E-state index in [1.54, 1.807) is 0 Å². The highest BCUT2D eigenvalue weighted by Gasteiger charge is 2.73. The van der Waals surface area contributed by atoms with Gasteiger partial charge >= 0.3 is 0 Å². The summed E-state index contributed by atoms with van der Waals surface area (Å²) in [6, 6.07) is 2.20. The van der Waals surface area contributed by atoms with E-state index in [-0.39, 0.29) is 39.4 Å². The highest BCUT2D eigenvalue weighted by atomic mass is 35.5. The first-order chi connectivity index (χ1) is 15.9. The van der Waals surface area contributed by atoms with Gasteiger partial charge in [0.05, 0.1) is 15.5 Å². The number of rotatable bonds is 6. The lowest BCUT2D eigenvalue weighted by Gasteiger charge is -2.35. The molecule has 1 aliphatic heterocycles. The van der Waals surface area contributed by atoms with Gasteiger partial charge in [0.2, 0.25) is 5.91 Å². The third-order valence-corrected chi connectivity index (χ3v) is 8.77. The van der Waals surface area contributed by atoms with E-state index < -0.39 is 50.7 Å². The Hall–Kier alpha value is -2.59. The van der Waals surface area contributed by atoms with E-state index in [1.165, 1.54) is 17.2 Å². The van der Waals surface area contributed by atoms with Crippen LogP contribution in [0.1, 0.15) is 41.1 Å². The number of nitrogens with zero attached hydrogens (tertiary/aromatic N) is 2. The topological polar surface area (TPSA) is 110 Å². The summed E-state index contributed by atoms with van der Waals surface area (Å²) in [7, 11) is -3.60. The fourth-order valence-electron chi connectivity index (χ4n) is 5.83. The van der Waals surface area contributed by atoms with E-state index in [4.69, 9.17) is 17.3 Å². The van der Waals surface area contributed by atoms with E-state index >= 15 is 4.39 Å². The summed E-state index contributed by atoms with van der Waals surface area (Å²) >= 11 is 5.76. The molecule has 1 aromatic heterocycles. The van der Waals surface area contributed by atoms with Crippen LogP contribution in [0.15, 0.2) is 35.5 Å². The first-order valence-corrected chi connectivity index (χ1v) is 13.1. The van der Waals surface area contributed by atoms with E-state index in [0.29, 0.717) is 6.42 Å². The summed E-state index contributed by atoms with van der Waals surface area (Å²) < 4.78 is 53.2. The number of hydrogen-bond donors (Lipinski definition) is 1. The fourth-order valence-corrected chi connectivity index (χ4v) is 6.58. The van der Waals surface area contributed by atoms with Crippen molar-refractivity contribution in [2.24, 2.45) is 23.0 Å². The Bertz CT molecular complexity index is 1330. The zero-order chi connectivity index (χ0) is 24.6. The number of primary amides is 1. The molecular weight excluding hydrogens is 488 g/mol. The number of benzene rings is 1. The van der Waals surface area contributed by atoms with Gasteiger partial charge < -0.3 is 10.6 Å². The van der Waals surface area contributed by atoms with Crippen molar-refractivity contribution in [1.82, 2.24) is 9.88 Å². The summed E-state index contributed by atoms with van der Waals surface area (Å²) in [5.41, 5.74) is 5.14. The van der Waals surface area contributed by atoms with Crippen LogP contribution in [-0.2, 0) is 14.6 Å². The van der Waals surface area contributed by atoms with Gasteiger partial charge in [0.25, 0.3) is 5.91 Å². The van der Waals surface area contributed by atoms with Gasteiger partial charge in [-0.05, 0) is 60.8 Å². The van der Waals surface area contributed by atoms with Crippen molar-refractivity contribution in [3.63, 3.8) is 0 Å². The molecule has 2 aliphatic carbocycles. The molecule has 4 atom stereocenters. The number of fused-ring (bicyclic) bond motifs is 1. The Kier molecular flexibility index (Phi) is 5.25. The lowest BCUT2D eigenvalue weighted by molar-refractivity contribution is -0.124. The van der Waals surface area contributed by atoms with Crippen molar-refractivity contribution in [3.05, 3.63) is 58.4 Å². The lowest BCUT2D eigenvalue weighted by atomic mass is 9.74. The second-order valence-corrected chi connectivity index (χ2v) is 12.0. The molecule has 2 aromatic rings. The van der Waals surface area contributed by atoms with Gasteiger partial charge in [0.1, 0.15) is 17.7 Å². The third-order valence-electron chi connectivity index (χ3n) is 7.40. The minimum atomic E-state index is -3.60. The van der Waals surface area contributed by atoms with Crippen molar-refractivity contribution in [3.8, 4) is 0 Å². The number of halogens is 3. The summed E-state index contributed by atoms with van der Waals surface area (Å²) in [4.78, 5) is 31.2. The molecule has 2 N–H and O–H groups in total. The number of aromatic nitrogens is 1. The van der Waals surface area contributed by atoms with Gasteiger partial charge in [-0.25, -0.2) is 17.2 Å². The number of carbonyl (C=O) groups is 2. The number of carbonyl (C=O) groups excluding carboxylic acids is 2. The quantitative estimate of drug-likeness (QED) is 0.602. The number of amides is 2. The molecule has 180 valence electrons. The second-order valence-electron chi connectivity index (χ2n) is 9.56. The molecule has 3 unspecified atom stereocenters. The molecule has 5 rings (SSSR count). The van der Waals surface area contributed by atoms with Crippen LogP contribution in [0.5, 0.6) is 0 Å². The largest absolute Gasteiger partial charge is 0.368 e. The Morgan fingerprint density at radius 1 is 1.21 bits per heavy atom. The molecule has 1 saturated heterocycles. The van der Waals surface area contributed by atoms with Gasteiger partial charge in [0, 0.05) is 30.6 Å². The smallest absolute Gasteiger partial charge is 0.256 e. The number of piperidine rings is 1. The van der Waals surface area contributed by atoms with Crippen LogP contribution in [0.4, 0.5) is 8.78 Å². The van der Waals surface area contributed by atoms with Gasteiger partial charge in [-0.1, -0.05) is 11.6 Å². The molecule has 2 heterocycles. The predicted octanol–water partition coefficient (Wildman–Crippen LogP) is 2.93. The number of sulfone groups is 1. The van der Waals surface area contributed by atoms with Crippen molar-refractivity contribution >= 4 is 33.3 Å². The van der Waals surface area contributed by atoms with Crippen LogP contribution in [0, 0.1) is 28.9 Å². The lowest BCUT2D eigenvalue weighted by Crippen LogP contribution is -2.51. The van der Waals surface area contributed by atoms with Crippen LogP contribution in [0.25, 0.3) is 0 Å². The van der Waals surface area contributed by atoms with E-state index in [1.807, 2.05) is 0 Å². The molecule has 0 bridgehead atoms. The van der Waals surface area contributed by atoms with Crippen molar-refractivity contribution in [1.29, 1.82) is 0 Å². The zero-order valence-electron chi connectivity index (χ0n) is 18.2. The third kappa shape index (κ3) is 3.58. The Balaban J connectivity index is 1.55. The van der Waals surface area contributed by atoms with Crippen LogP contribution < -0.4 is 5.73 Å². The SMILES string of the molecule is CS(=O)(=O)c1cncc(C(=O)N2CC3CC3([C@H](c3cc(F)c(Cl)cc3F)C3CC3)C2C(N)=O)c1. The van der Waals surface area contributed by atoms with Crippen LogP contribution in [0.3, 0.4) is 0 Å². The molecule has 7 nitrogen and oxygen atoms in total. The number of likely N-dealkylation sites (tertiary alicyclic amines) is 1. The minimum absolute atomic E-state index is 0.0114. The highest BCUT2D eigenvalue weighted by molar-refractivity contribution is 7.90. The average molecular weight is 510 g/mol. The number of hydrogen-bond acceptors (Lipinski definition) is 5. The molecule has 2 amide bonds. The molecule has 3 aliphatic rings. The molecule has 11 heteroatoms. The molecule has 0 radical (unpaired) electrons. The van der Waals surface area contributed by atoms with Crippen molar-refractivity contribution in [2.75, 3.05) is 12.8 Å². The maximum Gasteiger partial charge on any atom is 0.256 e. The molecule has 2 saturated carbocycles. The normalized spacial score (nSPS) is 26.8. The van der Waals surface area contributed by atoms with Crippen LogP contribution in [-0.4, -0.2) is 49.0 Å². The second kappa shape index (κ2) is 7.71. The Labute approximate surface area is 200 Å². The fraction of sp³-hybridized carbons (Fsp3) is 0.435. The molecule has 0 spiro atoms. The van der Waals surface area contributed by atoms with Crippen molar-refractivity contribution in [2.45, 2.75) is 36.1 Å². The molecule has 1 aromatic carbocycles. The number of pyridine rings is 1. The first kappa shape index (κ1) is 23.2. The average Bonchev–Trinajstić information content (AvgIpc) is 3.69. The Morgan fingerprint density at radius 3 is 2.53 bits per heavy atom. The zero-order valence-corrected chi connectivity index (χ0v) is 19.7. The van der Waals surface area contributed by atoms with E-state index in [9.17, 15) is 22.4 Å². The minimum Gasteiger partial charge on any atom is -0.368 e. The van der Waals surface area contributed by atoms with Crippen LogP contribution >= 0.6 is 11.6 Å². The highest BCUT2D eigenvalue weighted by Crippen LogP contribution is 2.72. The van der Waals surface area contributed by atoms with Crippen molar-refractivity contribution < 1.29 is 26.8 Å². The summed E-state index contributed by atoms with van der Waals surface area (Å²) in [6.07, 6.45) is 5.52. The maximum absolute atomic E-state index is 15.0. The molecule has 3 fully saturated rings. The van der Waals surface area contributed by atoms with Gasteiger partial charge in [-0.15, -0.1) is 0 Å². The summed E-state index contributed by atoms with van der Waals surface area (Å²) in [5, 5.41) is -0.325. The van der Waals surface area contributed by atoms with E-state index in [0.717, 1.165) is 37.4 Å². The molecular formula is C23H22ClF2N3O4S. The number of nitrogens with two attached hydrogens (primary N) is 1. The van der Waals surface area contributed by atoms with E-state index in [2.05, 4.69) is 4.98 Å². The van der Waals surface area contributed by atoms with Gasteiger partial charge in [-0.2, -0.15) is 0 Å². The monoisotopic (exact) mass is 509 g/mol. The standard InChI is InChI=1S/C23H22ClF2N3O4S/c1-34(32,33)14-4-12(8-28-9-14)22(31)29-10-13-7-23(13,20(29)21(27)30)19(11-2-3-11)15-5-18(26)16(24)6-17(15)25/h4-6,8-9,11,13,19-20H,2-3,7,10H2,1H3,(H2,27,30)/t13?,19-,20?,23?/m0/s1. The summed E-state index contributed by atoms with van der Waals surface area (Å²) in [5.74, 6) is -3.30. The molecule has 34 heavy (non-hydrogen) atoms. The van der Waals surface area contributed by atoms with Gasteiger partial charge in [-0.3, -0.25) is 14.6 Å². The summed E-state index contributed by atoms with van der Waals surface area (Å²) in [6.45, 7) is 0.205. The van der Waals surface area contributed by atoms with Crippen LogP contribution in [0.2, 0.25) is 5.02 Å². The van der Waals surface area contributed by atoms with Gasteiger partial charge in [0.15, 0.2) is 9.84 Å².